The summed E-state index contributed by atoms with van der Waals surface area (Å²) in [6.45, 7) is 5.78. The van der Waals surface area contributed by atoms with Crippen molar-refractivity contribution in [3.8, 4) is 0 Å². The molecule has 4 aliphatic heterocycles. The molecule has 0 spiro atoms. The molecule has 4 unspecified atom stereocenters. The summed E-state index contributed by atoms with van der Waals surface area (Å²) in [5.41, 5.74) is 5.21. The molecule has 2 aromatic carbocycles. The molecule has 3 saturated heterocycles. The second-order valence-corrected chi connectivity index (χ2v) is 10.2. The van der Waals surface area contributed by atoms with Gasteiger partial charge in [-0.2, -0.15) is 0 Å². The Morgan fingerprint density at radius 1 is 1.09 bits per heavy atom. The number of hydrogen-bond acceptors (Lipinski definition) is 4. The summed E-state index contributed by atoms with van der Waals surface area (Å²) in [5.74, 6) is 1.62. The standard InChI is InChI=1S/C26H35N5S/c1-29(2)23-9-7-22(8-10-23)28-26(32)27-16-24-15-20-12-13-30(24)17-21(20)18-31-14-11-19-5-3-4-6-25(19)31/h3-10,20-21,24H,11-18H2,1-2H3,(H2,27,28,32). The van der Waals surface area contributed by atoms with Gasteiger partial charge in [0.2, 0.25) is 0 Å². The van der Waals surface area contributed by atoms with E-state index in [4.69, 9.17) is 12.2 Å². The number of piperidine rings is 3. The Hall–Kier alpha value is -2.31. The van der Waals surface area contributed by atoms with E-state index in [2.05, 4.69) is 88.0 Å². The van der Waals surface area contributed by atoms with Crippen LogP contribution in [0.1, 0.15) is 18.4 Å². The van der Waals surface area contributed by atoms with Crippen LogP contribution in [0.5, 0.6) is 0 Å². The van der Waals surface area contributed by atoms with Crippen LogP contribution < -0.4 is 20.4 Å². The normalized spacial score (nSPS) is 26.0. The Balaban J connectivity index is 1.11. The number of fused-ring (bicyclic) bond motifs is 4. The first-order valence-corrected chi connectivity index (χ1v) is 12.4. The maximum atomic E-state index is 5.57. The lowest BCUT2D eigenvalue weighted by Crippen LogP contribution is -2.58. The van der Waals surface area contributed by atoms with Gasteiger partial charge >= 0.3 is 0 Å². The van der Waals surface area contributed by atoms with Gasteiger partial charge in [-0.15, -0.1) is 0 Å². The van der Waals surface area contributed by atoms with Crippen LogP contribution in [-0.2, 0) is 6.42 Å². The van der Waals surface area contributed by atoms with Crippen LogP contribution >= 0.6 is 12.2 Å². The van der Waals surface area contributed by atoms with Gasteiger partial charge in [0, 0.05) is 63.4 Å². The molecule has 0 radical (unpaired) electrons. The molecule has 5 nitrogen and oxygen atoms in total. The highest BCUT2D eigenvalue weighted by Crippen LogP contribution is 2.38. The van der Waals surface area contributed by atoms with E-state index in [-0.39, 0.29) is 0 Å². The number of para-hydroxylation sites is 1. The molecule has 2 bridgehead atoms. The number of nitrogens with one attached hydrogen (secondary N) is 2. The molecule has 2 aromatic rings. The minimum absolute atomic E-state index is 0.590. The van der Waals surface area contributed by atoms with E-state index in [9.17, 15) is 0 Å². The van der Waals surface area contributed by atoms with E-state index in [1.54, 1.807) is 0 Å². The number of nitrogens with zero attached hydrogens (tertiary/aromatic N) is 3. The van der Waals surface area contributed by atoms with Crippen molar-refractivity contribution in [2.45, 2.75) is 25.3 Å². The molecule has 0 amide bonds. The molecular weight excluding hydrogens is 414 g/mol. The van der Waals surface area contributed by atoms with Gasteiger partial charge in [0.05, 0.1) is 0 Å². The van der Waals surface area contributed by atoms with Crippen LogP contribution in [0.4, 0.5) is 17.1 Å². The van der Waals surface area contributed by atoms with Gasteiger partial charge in [0.25, 0.3) is 0 Å². The van der Waals surface area contributed by atoms with Crippen LogP contribution in [-0.4, -0.2) is 62.9 Å². The molecule has 32 heavy (non-hydrogen) atoms. The van der Waals surface area contributed by atoms with Gasteiger partial charge in [-0.25, -0.2) is 0 Å². The van der Waals surface area contributed by atoms with Crippen LogP contribution in [0.3, 0.4) is 0 Å². The minimum atomic E-state index is 0.590. The van der Waals surface area contributed by atoms with Crippen LogP contribution in [0.25, 0.3) is 0 Å². The SMILES string of the molecule is CN(C)c1ccc(NC(=S)NCC2CC3CCN2CC3CN2CCc3ccccc32)cc1. The van der Waals surface area contributed by atoms with Gasteiger partial charge < -0.3 is 20.4 Å². The number of rotatable bonds is 6. The fourth-order valence-corrected chi connectivity index (χ4v) is 5.98. The second-order valence-electron chi connectivity index (χ2n) is 9.79. The van der Waals surface area contributed by atoms with Gasteiger partial charge in [-0.3, -0.25) is 4.90 Å². The summed E-state index contributed by atoms with van der Waals surface area (Å²) < 4.78 is 0. The summed E-state index contributed by atoms with van der Waals surface area (Å²) >= 11 is 5.57. The van der Waals surface area contributed by atoms with Crippen LogP contribution in [0.15, 0.2) is 48.5 Å². The molecular formula is C26H35N5S. The van der Waals surface area contributed by atoms with E-state index in [0.717, 1.165) is 29.2 Å². The van der Waals surface area contributed by atoms with Crippen molar-refractivity contribution in [1.29, 1.82) is 0 Å². The van der Waals surface area contributed by atoms with Gasteiger partial charge in [0.1, 0.15) is 0 Å². The Bertz CT molecular complexity index is 943. The Morgan fingerprint density at radius 3 is 2.66 bits per heavy atom. The topological polar surface area (TPSA) is 33.8 Å². The highest BCUT2D eigenvalue weighted by molar-refractivity contribution is 7.80. The summed E-state index contributed by atoms with van der Waals surface area (Å²) in [5, 5.41) is 7.53. The third kappa shape index (κ3) is 4.57. The molecule has 2 N–H and O–H groups in total. The number of thiocarbonyl (C=S) groups is 1. The third-order valence-electron chi connectivity index (χ3n) is 7.59. The number of benzene rings is 2. The van der Waals surface area contributed by atoms with E-state index < -0.39 is 0 Å². The molecule has 3 fully saturated rings. The van der Waals surface area contributed by atoms with Gasteiger partial charge in [-0.05, 0) is 85.8 Å². The Morgan fingerprint density at radius 2 is 1.91 bits per heavy atom. The molecule has 0 aromatic heterocycles. The highest BCUT2D eigenvalue weighted by atomic mass is 32.1. The maximum Gasteiger partial charge on any atom is 0.170 e. The quantitative estimate of drug-likeness (QED) is 0.653. The zero-order chi connectivity index (χ0) is 22.1. The average Bonchev–Trinajstić information content (AvgIpc) is 3.21. The van der Waals surface area contributed by atoms with Crippen molar-refractivity contribution >= 4 is 34.4 Å². The van der Waals surface area contributed by atoms with Crippen LogP contribution in [0.2, 0.25) is 0 Å². The summed E-state index contributed by atoms with van der Waals surface area (Å²) in [4.78, 5) is 7.44. The summed E-state index contributed by atoms with van der Waals surface area (Å²) in [7, 11) is 4.10. The van der Waals surface area contributed by atoms with Crippen LogP contribution in [0, 0.1) is 11.8 Å². The molecule has 4 aliphatic rings. The number of hydrogen-bond donors (Lipinski definition) is 2. The van der Waals surface area contributed by atoms with Crippen molar-refractivity contribution in [3.05, 3.63) is 54.1 Å². The lowest BCUT2D eigenvalue weighted by Gasteiger charge is -2.51. The van der Waals surface area contributed by atoms with E-state index >= 15 is 0 Å². The van der Waals surface area contributed by atoms with Gasteiger partial charge in [0.15, 0.2) is 5.11 Å². The molecule has 170 valence electrons. The maximum absolute atomic E-state index is 5.57. The van der Waals surface area contributed by atoms with E-state index in [0.29, 0.717) is 6.04 Å². The third-order valence-corrected chi connectivity index (χ3v) is 7.84. The van der Waals surface area contributed by atoms with Crippen molar-refractivity contribution in [1.82, 2.24) is 10.2 Å². The molecule has 6 heteroatoms. The number of anilines is 3. The second kappa shape index (κ2) is 9.28. The summed E-state index contributed by atoms with van der Waals surface area (Å²) in [6, 6.07) is 17.9. The molecule has 4 heterocycles. The lowest BCUT2D eigenvalue weighted by atomic mass is 9.75. The molecule has 0 aliphatic carbocycles. The predicted molar refractivity (Wildman–Crippen MR) is 139 cm³/mol. The zero-order valence-corrected chi connectivity index (χ0v) is 20.1. The van der Waals surface area contributed by atoms with Crippen molar-refractivity contribution < 1.29 is 0 Å². The molecule has 4 atom stereocenters. The summed E-state index contributed by atoms with van der Waals surface area (Å²) in [6.07, 6.45) is 3.83. The Kier molecular flexibility index (Phi) is 6.24. The van der Waals surface area contributed by atoms with Gasteiger partial charge in [-0.1, -0.05) is 18.2 Å². The van der Waals surface area contributed by atoms with Crippen molar-refractivity contribution in [2.24, 2.45) is 11.8 Å². The van der Waals surface area contributed by atoms with E-state index in [1.165, 1.54) is 62.4 Å². The highest BCUT2D eigenvalue weighted by Gasteiger charge is 2.40. The smallest absolute Gasteiger partial charge is 0.170 e. The molecule has 0 saturated carbocycles. The zero-order valence-electron chi connectivity index (χ0n) is 19.3. The Labute approximate surface area is 197 Å². The first-order valence-electron chi connectivity index (χ1n) is 12.0. The molecule has 6 rings (SSSR count). The van der Waals surface area contributed by atoms with Crippen molar-refractivity contribution in [3.63, 3.8) is 0 Å². The average molecular weight is 450 g/mol. The fourth-order valence-electron chi connectivity index (χ4n) is 5.78. The largest absolute Gasteiger partial charge is 0.378 e. The monoisotopic (exact) mass is 449 g/mol. The predicted octanol–water partition coefficient (Wildman–Crippen LogP) is 3.81. The van der Waals surface area contributed by atoms with E-state index in [1.807, 2.05) is 0 Å². The first kappa shape index (κ1) is 21.5. The fraction of sp³-hybridized carbons (Fsp3) is 0.500. The first-order chi connectivity index (χ1) is 15.6. The lowest BCUT2D eigenvalue weighted by molar-refractivity contribution is 0.00645. The van der Waals surface area contributed by atoms with Crippen molar-refractivity contribution in [2.75, 3.05) is 61.9 Å². The minimum Gasteiger partial charge on any atom is -0.378 e.